The molecule has 4 nitrogen and oxygen atoms in total. The van der Waals surface area contributed by atoms with Crippen LogP contribution in [0.3, 0.4) is 0 Å². The van der Waals surface area contributed by atoms with Gasteiger partial charge in [0.2, 0.25) is 0 Å². The molecule has 0 aromatic heterocycles. The summed E-state index contributed by atoms with van der Waals surface area (Å²) in [6.07, 6.45) is 3.12. The van der Waals surface area contributed by atoms with E-state index >= 15 is 0 Å². The number of likely N-dealkylation sites (tertiary alicyclic amines) is 1. The largest absolute Gasteiger partial charge is 0.396 e. The summed E-state index contributed by atoms with van der Waals surface area (Å²) in [5.74, 6) is 0.623. The molecule has 0 bridgehead atoms. The van der Waals surface area contributed by atoms with Crippen LogP contribution in [0.2, 0.25) is 0 Å². The van der Waals surface area contributed by atoms with Gasteiger partial charge in [0.15, 0.2) is 0 Å². The van der Waals surface area contributed by atoms with Crippen LogP contribution >= 0.6 is 0 Å². The van der Waals surface area contributed by atoms with Crippen molar-refractivity contribution in [2.24, 2.45) is 5.92 Å². The van der Waals surface area contributed by atoms with E-state index < -0.39 is 0 Å². The summed E-state index contributed by atoms with van der Waals surface area (Å²) in [6.45, 7) is 5.90. The van der Waals surface area contributed by atoms with Gasteiger partial charge in [-0.3, -0.25) is 4.90 Å². The Morgan fingerprint density at radius 3 is 2.94 bits per heavy atom. The molecule has 0 amide bonds. The first kappa shape index (κ1) is 13.4. The molecule has 1 fully saturated rings. The fourth-order valence-corrected chi connectivity index (χ4v) is 2.56. The monoisotopic (exact) mass is 225 g/mol. The molecule has 0 aliphatic carbocycles. The van der Waals surface area contributed by atoms with Gasteiger partial charge in [-0.2, -0.15) is 5.26 Å². The Labute approximate surface area is 98.2 Å². The number of hydrogen-bond donors (Lipinski definition) is 2. The molecular weight excluding hydrogens is 202 g/mol. The minimum Gasteiger partial charge on any atom is -0.396 e. The molecule has 1 heterocycles. The average Bonchev–Trinajstić information content (AvgIpc) is 2.27. The number of nitrogens with one attached hydrogen (secondary N) is 1. The van der Waals surface area contributed by atoms with E-state index in [-0.39, 0.29) is 6.61 Å². The molecule has 4 heteroatoms. The Morgan fingerprint density at radius 2 is 2.31 bits per heavy atom. The molecule has 0 aromatic carbocycles. The van der Waals surface area contributed by atoms with Crippen molar-refractivity contribution in [2.75, 3.05) is 32.8 Å². The van der Waals surface area contributed by atoms with Gasteiger partial charge in [0.05, 0.1) is 12.6 Å². The fourth-order valence-electron chi connectivity index (χ4n) is 2.56. The third kappa shape index (κ3) is 4.48. The normalized spacial score (nSPS) is 26.6. The lowest BCUT2D eigenvalue weighted by Gasteiger charge is -2.37. The second-order valence-corrected chi connectivity index (χ2v) is 4.57. The van der Waals surface area contributed by atoms with Gasteiger partial charge in [-0.15, -0.1) is 0 Å². The van der Waals surface area contributed by atoms with E-state index in [1.807, 2.05) is 0 Å². The maximum atomic E-state index is 8.85. The van der Waals surface area contributed by atoms with Crippen LogP contribution in [0, 0.1) is 17.2 Å². The zero-order chi connectivity index (χ0) is 11.8. The van der Waals surface area contributed by atoms with Crippen molar-refractivity contribution in [1.82, 2.24) is 10.2 Å². The Hall–Kier alpha value is -0.630. The first-order valence-electron chi connectivity index (χ1n) is 6.23. The molecule has 2 atom stereocenters. The minimum absolute atomic E-state index is 0.278. The summed E-state index contributed by atoms with van der Waals surface area (Å²) in [5.41, 5.74) is 0. The summed E-state index contributed by atoms with van der Waals surface area (Å²) >= 11 is 0. The smallest absolute Gasteiger partial charge is 0.0866 e. The van der Waals surface area contributed by atoms with Crippen molar-refractivity contribution < 1.29 is 5.11 Å². The van der Waals surface area contributed by atoms with Crippen LogP contribution in [0.1, 0.15) is 26.2 Å². The maximum Gasteiger partial charge on any atom is 0.0866 e. The average molecular weight is 225 g/mol. The van der Waals surface area contributed by atoms with Crippen LogP contribution in [0.4, 0.5) is 0 Å². The highest BCUT2D eigenvalue weighted by Gasteiger charge is 2.25. The van der Waals surface area contributed by atoms with E-state index in [4.69, 9.17) is 10.4 Å². The van der Waals surface area contributed by atoms with Gasteiger partial charge in [-0.05, 0) is 31.7 Å². The molecule has 2 unspecified atom stereocenters. The lowest BCUT2D eigenvalue weighted by atomic mass is 9.90. The Balaban J connectivity index is 2.42. The van der Waals surface area contributed by atoms with Gasteiger partial charge in [-0.25, -0.2) is 0 Å². The summed E-state index contributed by atoms with van der Waals surface area (Å²) in [7, 11) is 0. The van der Waals surface area contributed by atoms with E-state index in [0.717, 1.165) is 32.5 Å². The second kappa shape index (κ2) is 7.61. The fraction of sp³-hybridized carbons (Fsp3) is 0.917. The molecule has 92 valence electrons. The van der Waals surface area contributed by atoms with Crippen molar-refractivity contribution in [3.8, 4) is 6.07 Å². The molecule has 0 spiro atoms. The number of rotatable bonds is 6. The predicted octanol–water partition coefficient (Wildman–Crippen LogP) is 0.582. The highest BCUT2D eigenvalue weighted by molar-refractivity contribution is 4.87. The van der Waals surface area contributed by atoms with E-state index in [1.54, 1.807) is 0 Å². The van der Waals surface area contributed by atoms with Crippen molar-refractivity contribution in [3.63, 3.8) is 0 Å². The molecule has 1 rings (SSSR count). The van der Waals surface area contributed by atoms with Crippen LogP contribution in [-0.4, -0.2) is 48.8 Å². The molecule has 0 saturated carbocycles. The zero-order valence-electron chi connectivity index (χ0n) is 10.2. The van der Waals surface area contributed by atoms with Gasteiger partial charge in [0, 0.05) is 25.7 Å². The second-order valence-electron chi connectivity index (χ2n) is 4.57. The molecule has 1 aliphatic rings. The minimum atomic E-state index is 0.278. The van der Waals surface area contributed by atoms with Crippen LogP contribution in [-0.2, 0) is 0 Å². The molecule has 1 saturated heterocycles. The van der Waals surface area contributed by atoms with Crippen molar-refractivity contribution in [1.29, 1.82) is 5.26 Å². The predicted molar refractivity (Wildman–Crippen MR) is 63.9 cm³/mol. The zero-order valence-corrected chi connectivity index (χ0v) is 10.2. The molecule has 0 aromatic rings. The van der Waals surface area contributed by atoms with Gasteiger partial charge in [-0.1, -0.05) is 6.92 Å². The molecule has 1 aliphatic heterocycles. The van der Waals surface area contributed by atoms with E-state index in [2.05, 4.69) is 23.2 Å². The molecule has 16 heavy (non-hydrogen) atoms. The first-order chi connectivity index (χ1) is 7.80. The lowest BCUT2D eigenvalue weighted by molar-refractivity contribution is 0.143. The number of piperidine rings is 1. The Bertz CT molecular complexity index is 227. The highest BCUT2D eigenvalue weighted by Crippen LogP contribution is 2.21. The number of likely N-dealkylation sites (N-methyl/N-ethyl adjacent to an activating group) is 1. The summed E-state index contributed by atoms with van der Waals surface area (Å²) in [4.78, 5) is 2.22. The SMILES string of the molecule is CCNC1CC(CCCO)CN(CC#N)C1. The standard InChI is InChI=1S/C12H23N3O/c1-2-14-12-8-11(4-3-7-16)9-15(10-12)6-5-13/h11-12,14,16H,2-4,6-10H2,1H3. The van der Waals surface area contributed by atoms with Gasteiger partial charge in [0.1, 0.15) is 0 Å². The number of nitrogens with zero attached hydrogens (tertiary/aromatic N) is 2. The van der Waals surface area contributed by atoms with Crippen molar-refractivity contribution in [2.45, 2.75) is 32.2 Å². The Kier molecular flexibility index (Phi) is 6.39. The maximum absolute atomic E-state index is 8.85. The van der Waals surface area contributed by atoms with Gasteiger partial charge >= 0.3 is 0 Å². The van der Waals surface area contributed by atoms with E-state index in [9.17, 15) is 0 Å². The third-order valence-electron chi connectivity index (χ3n) is 3.17. The topological polar surface area (TPSA) is 59.3 Å². The first-order valence-corrected chi connectivity index (χ1v) is 6.23. The summed E-state index contributed by atoms with van der Waals surface area (Å²) in [5, 5.41) is 21.1. The van der Waals surface area contributed by atoms with Crippen LogP contribution in [0.25, 0.3) is 0 Å². The van der Waals surface area contributed by atoms with E-state index in [1.165, 1.54) is 6.42 Å². The third-order valence-corrected chi connectivity index (χ3v) is 3.17. The van der Waals surface area contributed by atoms with Crippen LogP contribution < -0.4 is 5.32 Å². The number of aliphatic hydroxyl groups is 1. The van der Waals surface area contributed by atoms with Crippen LogP contribution in [0.15, 0.2) is 0 Å². The number of aliphatic hydroxyl groups excluding tert-OH is 1. The molecule has 0 radical (unpaired) electrons. The number of hydrogen-bond acceptors (Lipinski definition) is 4. The Morgan fingerprint density at radius 1 is 1.50 bits per heavy atom. The van der Waals surface area contributed by atoms with Crippen molar-refractivity contribution >= 4 is 0 Å². The van der Waals surface area contributed by atoms with Crippen LogP contribution in [0.5, 0.6) is 0 Å². The van der Waals surface area contributed by atoms with Gasteiger partial charge < -0.3 is 10.4 Å². The lowest BCUT2D eigenvalue weighted by Crippen LogP contribution is -2.49. The van der Waals surface area contributed by atoms with Gasteiger partial charge in [0.25, 0.3) is 0 Å². The summed E-state index contributed by atoms with van der Waals surface area (Å²) in [6, 6.07) is 2.74. The molecule has 2 N–H and O–H groups in total. The number of nitriles is 1. The molecular formula is C12H23N3O. The quantitative estimate of drug-likeness (QED) is 0.649. The highest BCUT2D eigenvalue weighted by atomic mass is 16.2. The van der Waals surface area contributed by atoms with Crippen molar-refractivity contribution in [3.05, 3.63) is 0 Å². The van der Waals surface area contributed by atoms with E-state index in [0.29, 0.717) is 18.5 Å². The summed E-state index contributed by atoms with van der Waals surface area (Å²) < 4.78 is 0.